The normalized spacial score (nSPS) is 10.0. The maximum Gasteiger partial charge on any atom is 0.165 e. The van der Waals surface area contributed by atoms with Crippen molar-refractivity contribution in [1.82, 2.24) is 9.97 Å². The third-order valence-corrected chi connectivity index (χ3v) is 2.05. The van der Waals surface area contributed by atoms with Gasteiger partial charge in [-0.1, -0.05) is 6.07 Å². The summed E-state index contributed by atoms with van der Waals surface area (Å²) in [6.45, 7) is 0. The predicted octanol–water partition coefficient (Wildman–Crippen LogP) is 2.29. The van der Waals surface area contributed by atoms with Crippen LogP contribution in [0.1, 0.15) is 0 Å². The van der Waals surface area contributed by atoms with Crippen molar-refractivity contribution >= 4 is 0 Å². The summed E-state index contributed by atoms with van der Waals surface area (Å²) in [6.07, 6.45) is 4.70. The number of nitrogens with zero attached hydrogens (tertiary/aromatic N) is 2. The Hall–Kier alpha value is -1.97. The maximum absolute atomic E-state index is 13.4. The minimum atomic E-state index is -0.390. The first-order valence-electron chi connectivity index (χ1n) is 4.40. The van der Waals surface area contributed by atoms with Crippen LogP contribution in [0.4, 0.5) is 4.39 Å². The van der Waals surface area contributed by atoms with E-state index in [0.717, 1.165) is 11.1 Å². The Labute approximate surface area is 86.6 Å². The largest absolute Gasteiger partial charge is 0.494 e. The zero-order valence-corrected chi connectivity index (χ0v) is 8.14. The van der Waals surface area contributed by atoms with Crippen LogP contribution in [0.15, 0.2) is 36.9 Å². The first-order chi connectivity index (χ1) is 7.31. The van der Waals surface area contributed by atoms with E-state index in [0.29, 0.717) is 0 Å². The van der Waals surface area contributed by atoms with Gasteiger partial charge in [-0.05, 0) is 17.7 Å². The molecular formula is C11H9FN2O. The van der Waals surface area contributed by atoms with Gasteiger partial charge in [0, 0.05) is 18.0 Å². The lowest BCUT2D eigenvalue weighted by Gasteiger charge is -2.04. The summed E-state index contributed by atoms with van der Waals surface area (Å²) in [5, 5.41) is 0. The van der Waals surface area contributed by atoms with Crippen molar-refractivity contribution in [3.63, 3.8) is 0 Å². The summed E-state index contributed by atoms with van der Waals surface area (Å²) in [5.41, 5.74) is 1.51. The molecule has 4 heteroatoms. The molecule has 0 aliphatic heterocycles. The molecule has 1 heterocycles. The van der Waals surface area contributed by atoms with Crippen molar-refractivity contribution < 1.29 is 9.13 Å². The molecule has 0 saturated heterocycles. The van der Waals surface area contributed by atoms with Gasteiger partial charge in [0.2, 0.25) is 0 Å². The Kier molecular flexibility index (Phi) is 2.58. The number of rotatable bonds is 2. The molecule has 3 nitrogen and oxygen atoms in total. The van der Waals surface area contributed by atoms with E-state index in [2.05, 4.69) is 9.97 Å². The summed E-state index contributed by atoms with van der Waals surface area (Å²) in [4.78, 5) is 7.74. The zero-order chi connectivity index (χ0) is 10.7. The van der Waals surface area contributed by atoms with Gasteiger partial charge in [-0.2, -0.15) is 0 Å². The number of ether oxygens (including phenoxy) is 1. The minimum absolute atomic E-state index is 0.232. The Morgan fingerprint density at radius 3 is 2.47 bits per heavy atom. The Balaban J connectivity index is 2.43. The van der Waals surface area contributed by atoms with Crippen molar-refractivity contribution in [3.05, 3.63) is 42.7 Å². The molecule has 2 rings (SSSR count). The van der Waals surface area contributed by atoms with E-state index in [1.165, 1.54) is 19.5 Å². The molecule has 0 spiro atoms. The van der Waals surface area contributed by atoms with Gasteiger partial charge < -0.3 is 4.74 Å². The Bertz CT molecular complexity index is 459. The van der Waals surface area contributed by atoms with Crippen LogP contribution in [0.2, 0.25) is 0 Å². The molecule has 1 aromatic carbocycles. The lowest BCUT2D eigenvalue weighted by molar-refractivity contribution is 0.386. The van der Waals surface area contributed by atoms with Gasteiger partial charge >= 0.3 is 0 Å². The lowest BCUT2D eigenvalue weighted by Crippen LogP contribution is -1.89. The van der Waals surface area contributed by atoms with E-state index < -0.39 is 0 Å². The predicted molar refractivity (Wildman–Crippen MR) is 54.0 cm³/mol. The molecule has 76 valence electrons. The van der Waals surface area contributed by atoms with Gasteiger partial charge in [-0.3, -0.25) is 0 Å². The summed E-state index contributed by atoms with van der Waals surface area (Å²) < 4.78 is 18.2. The van der Waals surface area contributed by atoms with Crippen molar-refractivity contribution in [3.8, 4) is 16.9 Å². The van der Waals surface area contributed by atoms with Gasteiger partial charge in [0.15, 0.2) is 11.6 Å². The molecular weight excluding hydrogens is 195 g/mol. The standard InChI is InChI=1S/C11H9FN2O/c1-15-11-3-2-8(4-10(11)12)9-5-13-7-14-6-9/h2-7H,1H3. The Morgan fingerprint density at radius 1 is 1.13 bits per heavy atom. The number of hydrogen-bond acceptors (Lipinski definition) is 3. The summed E-state index contributed by atoms with van der Waals surface area (Å²) in [6, 6.07) is 4.75. The van der Waals surface area contributed by atoms with E-state index in [-0.39, 0.29) is 11.6 Å². The van der Waals surface area contributed by atoms with Crippen LogP contribution in [0, 0.1) is 5.82 Å². The molecule has 0 bridgehead atoms. The van der Waals surface area contributed by atoms with Crippen molar-refractivity contribution in [2.75, 3.05) is 7.11 Å². The quantitative estimate of drug-likeness (QED) is 0.752. The van der Waals surface area contributed by atoms with Crippen LogP contribution in [-0.4, -0.2) is 17.1 Å². The van der Waals surface area contributed by atoms with Crippen LogP contribution in [-0.2, 0) is 0 Å². The molecule has 0 N–H and O–H groups in total. The smallest absolute Gasteiger partial charge is 0.165 e. The van der Waals surface area contributed by atoms with Gasteiger partial charge in [0.05, 0.1) is 7.11 Å². The number of methoxy groups -OCH3 is 1. The van der Waals surface area contributed by atoms with Crippen LogP contribution in [0.25, 0.3) is 11.1 Å². The van der Waals surface area contributed by atoms with Crippen LogP contribution in [0.5, 0.6) is 5.75 Å². The number of halogens is 1. The minimum Gasteiger partial charge on any atom is -0.494 e. The number of aromatic nitrogens is 2. The van der Waals surface area contributed by atoms with Crippen molar-refractivity contribution in [1.29, 1.82) is 0 Å². The third kappa shape index (κ3) is 1.93. The summed E-state index contributed by atoms with van der Waals surface area (Å²) in [7, 11) is 1.43. The highest BCUT2D eigenvalue weighted by Crippen LogP contribution is 2.24. The van der Waals surface area contributed by atoms with Crippen molar-refractivity contribution in [2.45, 2.75) is 0 Å². The highest BCUT2D eigenvalue weighted by Gasteiger charge is 2.04. The average Bonchev–Trinajstić information content (AvgIpc) is 2.30. The molecule has 1 aromatic heterocycles. The van der Waals surface area contributed by atoms with E-state index in [1.807, 2.05) is 0 Å². The molecule has 0 unspecified atom stereocenters. The van der Waals surface area contributed by atoms with Gasteiger partial charge in [-0.15, -0.1) is 0 Å². The number of hydrogen-bond donors (Lipinski definition) is 0. The first-order valence-corrected chi connectivity index (χ1v) is 4.40. The number of benzene rings is 1. The van der Waals surface area contributed by atoms with Crippen LogP contribution < -0.4 is 4.74 Å². The zero-order valence-electron chi connectivity index (χ0n) is 8.14. The molecule has 0 saturated carbocycles. The summed E-state index contributed by atoms with van der Waals surface area (Å²) in [5.74, 6) is -0.158. The molecule has 0 amide bonds. The molecule has 0 aliphatic rings. The molecule has 0 atom stereocenters. The molecule has 2 aromatic rings. The van der Waals surface area contributed by atoms with E-state index >= 15 is 0 Å². The topological polar surface area (TPSA) is 35.0 Å². The van der Waals surface area contributed by atoms with Gasteiger partial charge in [-0.25, -0.2) is 14.4 Å². The highest BCUT2D eigenvalue weighted by molar-refractivity contribution is 5.62. The average molecular weight is 204 g/mol. The van der Waals surface area contributed by atoms with Crippen LogP contribution >= 0.6 is 0 Å². The van der Waals surface area contributed by atoms with Crippen LogP contribution in [0.3, 0.4) is 0 Å². The van der Waals surface area contributed by atoms with Gasteiger partial charge in [0.25, 0.3) is 0 Å². The maximum atomic E-state index is 13.4. The fourth-order valence-corrected chi connectivity index (χ4v) is 1.29. The second kappa shape index (κ2) is 4.04. The summed E-state index contributed by atoms with van der Waals surface area (Å²) >= 11 is 0. The molecule has 15 heavy (non-hydrogen) atoms. The Morgan fingerprint density at radius 2 is 1.87 bits per heavy atom. The molecule has 0 radical (unpaired) electrons. The molecule has 0 aliphatic carbocycles. The monoisotopic (exact) mass is 204 g/mol. The van der Waals surface area contributed by atoms with E-state index in [1.54, 1.807) is 24.5 Å². The molecule has 0 fully saturated rings. The fraction of sp³-hybridized carbons (Fsp3) is 0.0909. The van der Waals surface area contributed by atoms with Crippen molar-refractivity contribution in [2.24, 2.45) is 0 Å². The second-order valence-corrected chi connectivity index (χ2v) is 2.98. The fourth-order valence-electron chi connectivity index (χ4n) is 1.29. The SMILES string of the molecule is COc1ccc(-c2cncnc2)cc1F. The van der Waals surface area contributed by atoms with E-state index in [4.69, 9.17) is 4.74 Å². The first kappa shape index (κ1) is 9.58. The lowest BCUT2D eigenvalue weighted by atomic mass is 10.1. The van der Waals surface area contributed by atoms with Gasteiger partial charge in [0.1, 0.15) is 6.33 Å². The highest BCUT2D eigenvalue weighted by atomic mass is 19.1. The second-order valence-electron chi connectivity index (χ2n) is 2.98. The van der Waals surface area contributed by atoms with E-state index in [9.17, 15) is 4.39 Å². The third-order valence-electron chi connectivity index (χ3n) is 2.05.